The van der Waals surface area contributed by atoms with Gasteiger partial charge < -0.3 is 15.7 Å². The van der Waals surface area contributed by atoms with Gasteiger partial charge in [-0.25, -0.2) is 4.39 Å². The van der Waals surface area contributed by atoms with E-state index in [1.807, 2.05) is 0 Å². The van der Waals surface area contributed by atoms with Crippen molar-refractivity contribution in [2.75, 3.05) is 13.1 Å². The van der Waals surface area contributed by atoms with Gasteiger partial charge in [0.15, 0.2) is 0 Å². The molecule has 0 aromatic heterocycles. The zero-order valence-corrected chi connectivity index (χ0v) is 13.8. The summed E-state index contributed by atoms with van der Waals surface area (Å²) in [5.74, 6) is -0.795. The number of rotatable bonds is 7. The first-order valence-corrected chi connectivity index (χ1v) is 8.51. The fourth-order valence-corrected chi connectivity index (χ4v) is 2.97. The molecule has 3 N–H and O–H groups in total. The molecule has 0 heterocycles. The molecule has 2 amide bonds. The van der Waals surface area contributed by atoms with Crippen LogP contribution in [-0.4, -0.2) is 35.6 Å². The lowest BCUT2D eigenvalue weighted by Crippen LogP contribution is -2.39. The Labute approximate surface area is 141 Å². The van der Waals surface area contributed by atoms with Crippen LogP contribution in [0.3, 0.4) is 0 Å². The first kappa shape index (κ1) is 18.4. The van der Waals surface area contributed by atoms with Crippen LogP contribution in [0.4, 0.5) is 4.39 Å². The number of hydrogen-bond acceptors (Lipinski definition) is 3. The van der Waals surface area contributed by atoms with Crippen molar-refractivity contribution in [3.8, 4) is 0 Å². The van der Waals surface area contributed by atoms with E-state index in [4.69, 9.17) is 0 Å². The largest absolute Gasteiger partial charge is 0.389 e. The van der Waals surface area contributed by atoms with Gasteiger partial charge in [0.25, 0.3) is 5.91 Å². The first-order chi connectivity index (χ1) is 11.5. The number of amides is 2. The molecule has 0 atom stereocenters. The quantitative estimate of drug-likeness (QED) is 0.668. The summed E-state index contributed by atoms with van der Waals surface area (Å²) < 4.78 is 12.8. The lowest BCUT2D eigenvalue weighted by molar-refractivity contribution is -0.127. The van der Waals surface area contributed by atoms with E-state index < -0.39 is 5.60 Å². The summed E-state index contributed by atoms with van der Waals surface area (Å²) in [5.41, 5.74) is -0.445. The Morgan fingerprint density at radius 1 is 1.04 bits per heavy atom. The number of halogens is 1. The third-order valence-corrected chi connectivity index (χ3v) is 4.34. The molecule has 0 saturated heterocycles. The van der Waals surface area contributed by atoms with Gasteiger partial charge in [-0.3, -0.25) is 9.59 Å². The molecule has 0 aliphatic heterocycles. The Morgan fingerprint density at radius 3 is 2.33 bits per heavy atom. The molecule has 1 saturated carbocycles. The Morgan fingerprint density at radius 2 is 1.67 bits per heavy atom. The molecule has 0 unspecified atom stereocenters. The average Bonchev–Trinajstić information content (AvgIpc) is 2.55. The maximum atomic E-state index is 12.8. The average molecular weight is 336 g/mol. The van der Waals surface area contributed by atoms with Crippen LogP contribution in [0.5, 0.6) is 0 Å². The van der Waals surface area contributed by atoms with Crippen LogP contribution in [-0.2, 0) is 4.79 Å². The van der Waals surface area contributed by atoms with Crippen LogP contribution in [0, 0.1) is 5.82 Å². The SMILES string of the molecule is O=C(CC1(O)CCCCC1)NCCCNC(=O)c1ccc(F)cc1. The van der Waals surface area contributed by atoms with Crippen LogP contribution < -0.4 is 10.6 Å². The van der Waals surface area contributed by atoms with E-state index in [2.05, 4.69) is 10.6 Å². The van der Waals surface area contributed by atoms with Crippen LogP contribution >= 0.6 is 0 Å². The summed E-state index contributed by atoms with van der Waals surface area (Å²) in [5, 5.41) is 15.8. The van der Waals surface area contributed by atoms with Gasteiger partial charge in [-0.1, -0.05) is 19.3 Å². The van der Waals surface area contributed by atoms with Crippen LogP contribution in [0.1, 0.15) is 55.3 Å². The van der Waals surface area contributed by atoms with Crippen LogP contribution in [0.15, 0.2) is 24.3 Å². The zero-order valence-electron chi connectivity index (χ0n) is 13.8. The second-order valence-electron chi connectivity index (χ2n) is 6.43. The Hall–Kier alpha value is -1.95. The van der Waals surface area contributed by atoms with Gasteiger partial charge in [-0.15, -0.1) is 0 Å². The molecular weight excluding hydrogens is 311 g/mol. The lowest BCUT2D eigenvalue weighted by atomic mass is 9.82. The van der Waals surface area contributed by atoms with Crippen molar-refractivity contribution < 1.29 is 19.1 Å². The van der Waals surface area contributed by atoms with E-state index in [-0.39, 0.29) is 24.1 Å². The van der Waals surface area contributed by atoms with E-state index >= 15 is 0 Å². The van der Waals surface area contributed by atoms with Crippen molar-refractivity contribution in [1.82, 2.24) is 10.6 Å². The lowest BCUT2D eigenvalue weighted by Gasteiger charge is -2.31. The van der Waals surface area contributed by atoms with Crippen LogP contribution in [0.2, 0.25) is 0 Å². The molecule has 5 nitrogen and oxygen atoms in total. The van der Waals surface area contributed by atoms with Gasteiger partial charge in [0.2, 0.25) is 5.91 Å². The van der Waals surface area contributed by atoms with Gasteiger partial charge in [-0.05, 0) is 43.5 Å². The molecule has 2 rings (SSSR count). The van der Waals surface area contributed by atoms with Crippen molar-refractivity contribution in [2.24, 2.45) is 0 Å². The first-order valence-electron chi connectivity index (χ1n) is 8.51. The zero-order chi connectivity index (χ0) is 17.4. The number of aliphatic hydroxyl groups is 1. The highest BCUT2D eigenvalue weighted by Crippen LogP contribution is 2.30. The van der Waals surface area contributed by atoms with Gasteiger partial charge in [-0.2, -0.15) is 0 Å². The van der Waals surface area contributed by atoms with E-state index in [1.54, 1.807) is 0 Å². The Kier molecular flexibility index (Phi) is 6.73. The molecule has 24 heavy (non-hydrogen) atoms. The fourth-order valence-electron chi connectivity index (χ4n) is 2.97. The van der Waals surface area contributed by atoms with Crippen molar-refractivity contribution in [3.63, 3.8) is 0 Å². The molecule has 1 aliphatic rings. The predicted molar refractivity (Wildman–Crippen MR) is 89.0 cm³/mol. The van der Waals surface area contributed by atoms with Crippen molar-refractivity contribution in [3.05, 3.63) is 35.6 Å². The summed E-state index contributed by atoms with van der Waals surface area (Å²) in [7, 11) is 0. The Balaban J connectivity index is 1.59. The second kappa shape index (κ2) is 8.78. The van der Waals surface area contributed by atoms with E-state index in [0.29, 0.717) is 37.9 Å². The summed E-state index contributed by atoms with van der Waals surface area (Å²) in [6.45, 7) is 0.860. The summed E-state index contributed by atoms with van der Waals surface area (Å²) >= 11 is 0. The van der Waals surface area contributed by atoms with Crippen molar-refractivity contribution >= 4 is 11.8 Å². The van der Waals surface area contributed by atoms with Crippen molar-refractivity contribution in [1.29, 1.82) is 0 Å². The molecule has 1 aliphatic carbocycles. The van der Waals surface area contributed by atoms with Gasteiger partial charge in [0.05, 0.1) is 12.0 Å². The fraction of sp³-hybridized carbons (Fsp3) is 0.556. The topological polar surface area (TPSA) is 78.4 Å². The maximum absolute atomic E-state index is 12.8. The molecule has 6 heteroatoms. The van der Waals surface area contributed by atoms with E-state index in [1.165, 1.54) is 24.3 Å². The summed E-state index contributed by atoms with van der Waals surface area (Å²) in [4.78, 5) is 23.7. The molecule has 1 aromatic rings. The normalized spacial score (nSPS) is 16.4. The second-order valence-corrected chi connectivity index (χ2v) is 6.43. The van der Waals surface area contributed by atoms with Crippen molar-refractivity contribution in [2.45, 2.75) is 50.5 Å². The third kappa shape index (κ3) is 5.92. The highest BCUT2D eigenvalue weighted by Gasteiger charge is 2.31. The summed E-state index contributed by atoms with van der Waals surface area (Å²) in [6, 6.07) is 5.34. The van der Waals surface area contributed by atoms with Gasteiger partial charge in [0, 0.05) is 18.7 Å². The minimum atomic E-state index is -0.848. The predicted octanol–water partition coefficient (Wildman–Crippen LogP) is 2.15. The van der Waals surface area contributed by atoms with Gasteiger partial charge in [0.1, 0.15) is 5.82 Å². The van der Waals surface area contributed by atoms with Crippen LogP contribution in [0.25, 0.3) is 0 Å². The highest BCUT2D eigenvalue weighted by molar-refractivity contribution is 5.94. The minimum absolute atomic E-state index is 0.148. The third-order valence-electron chi connectivity index (χ3n) is 4.34. The highest BCUT2D eigenvalue weighted by atomic mass is 19.1. The van der Waals surface area contributed by atoms with E-state index in [9.17, 15) is 19.1 Å². The molecule has 0 spiro atoms. The molecule has 1 fully saturated rings. The van der Waals surface area contributed by atoms with E-state index in [0.717, 1.165) is 19.3 Å². The standard InChI is InChI=1S/C18H25FN2O3/c19-15-7-5-14(6-8-15)17(23)21-12-4-11-20-16(22)13-18(24)9-2-1-3-10-18/h5-8,24H,1-4,9-13H2,(H,20,22)(H,21,23). The minimum Gasteiger partial charge on any atom is -0.389 e. The number of benzene rings is 1. The number of hydrogen-bond donors (Lipinski definition) is 3. The number of carbonyl (C=O) groups is 2. The Bertz CT molecular complexity index is 554. The maximum Gasteiger partial charge on any atom is 0.251 e. The molecule has 1 aromatic carbocycles. The molecular formula is C18H25FN2O3. The molecule has 0 radical (unpaired) electrons. The monoisotopic (exact) mass is 336 g/mol. The van der Waals surface area contributed by atoms with Gasteiger partial charge >= 0.3 is 0 Å². The number of carbonyl (C=O) groups excluding carboxylic acids is 2. The summed E-state index contributed by atoms with van der Waals surface area (Å²) in [6.07, 6.45) is 5.18. The smallest absolute Gasteiger partial charge is 0.251 e. The number of nitrogens with one attached hydrogen (secondary N) is 2. The molecule has 0 bridgehead atoms. The molecule has 132 valence electrons.